The van der Waals surface area contributed by atoms with Crippen LogP contribution >= 0.6 is 15.9 Å². The SMILES string of the molecule is COc1cc(C)cc2c1C(=C1CCN(C(=O)Cc3cc[n+](O)cc3)CC1)c1ncc(Br)cc1CC2. The highest BCUT2D eigenvalue weighted by molar-refractivity contribution is 9.10. The second-order valence-corrected chi connectivity index (χ2v) is 10.2. The number of methoxy groups -OCH3 is 1. The molecule has 7 heteroatoms. The summed E-state index contributed by atoms with van der Waals surface area (Å²) in [5.41, 5.74) is 9.32. The van der Waals surface area contributed by atoms with E-state index in [4.69, 9.17) is 9.72 Å². The normalized spacial score (nSPS) is 15.3. The molecule has 35 heavy (non-hydrogen) atoms. The van der Waals surface area contributed by atoms with Crippen LogP contribution in [0.25, 0.3) is 5.57 Å². The van der Waals surface area contributed by atoms with Gasteiger partial charge in [0.15, 0.2) is 0 Å². The van der Waals surface area contributed by atoms with E-state index < -0.39 is 0 Å². The van der Waals surface area contributed by atoms with Crippen LogP contribution in [0.15, 0.2) is 59.0 Å². The fourth-order valence-corrected chi connectivity index (χ4v) is 5.61. The minimum Gasteiger partial charge on any atom is -0.496 e. The standard InChI is InChI=1S/C28H29BrN3O3/c1-18-13-21-3-4-22-16-23(29)17-30-28(22)27(26(21)24(14-18)35-2)20-7-9-31(10-8-20)25(33)15-19-5-11-32(34)12-6-19/h5-6,11-14,16-17,34H,3-4,7-10,15H2,1-2H3/q+1. The van der Waals surface area contributed by atoms with Crippen LogP contribution in [0.5, 0.6) is 5.75 Å². The number of halogens is 1. The van der Waals surface area contributed by atoms with Crippen molar-refractivity contribution in [1.82, 2.24) is 9.88 Å². The lowest BCUT2D eigenvalue weighted by Crippen LogP contribution is -2.37. The molecule has 0 spiro atoms. The Balaban J connectivity index is 1.49. The van der Waals surface area contributed by atoms with Crippen LogP contribution in [0.2, 0.25) is 0 Å². The van der Waals surface area contributed by atoms with Crippen LogP contribution in [0.3, 0.4) is 0 Å². The molecule has 0 atom stereocenters. The summed E-state index contributed by atoms with van der Waals surface area (Å²) < 4.78 is 7.86. The number of carbonyl (C=O) groups excluding carboxylic acids is 1. The summed E-state index contributed by atoms with van der Waals surface area (Å²) in [6.45, 7) is 3.47. The summed E-state index contributed by atoms with van der Waals surface area (Å²) in [7, 11) is 1.74. The number of hydrogen-bond donors (Lipinski definition) is 1. The Morgan fingerprint density at radius 2 is 1.83 bits per heavy atom. The molecule has 0 radical (unpaired) electrons. The molecule has 6 nitrogen and oxygen atoms in total. The van der Waals surface area contributed by atoms with Gasteiger partial charge in [-0.15, -0.1) is 0 Å². The first-order valence-corrected chi connectivity index (χ1v) is 12.7. The van der Waals surface area contributed by atoms with Crippen LogP contribution in [0.4, 0.5) is 0 Å². The molecule has 1 aliphatic heterocycles. The molecule has 3 heterocycles. The van der Waals surface area contributed by atoms with Crippen molar-refractivity contribution < 1.29 is 19.5 Å². The minimum absolute atomic E-state index is 0.113. The number of fused-ring (bicyclic) bond motifs is 2. The van der Waals surface area contributed by atoms with Crippen molar-refractivity contribution in [3.8, 4) is 5.75 Å². The second-order valence-electron chi connectivity index (χ2n) is 9.29. The number of benzene rings is 1. The van der Waals surface area contributed by atoms with Gasteiger partial charge < -0.3 is 9.64 Å². The number of rotatable bonds is 3. The second kappa shape index (κ2) is 9.82. The first kappa shape index (κ1) is 23.5. The highest BCUT2D eigenvalue weighted by Crippen LogP contribution is 2.43. The van der Waals surface area contributed by atoms with E-state index in [-0.39, 0.29) is 5.91 Å². The summed E-state index contributed by atoms with van der Waals surface area (Å²) >= 11 is 3.60. The van der Waals surface area contributed by atoms with Gasteiger partial charge in [0.25, 0.3) is 0 Å². The third-order valence-electron chi connectivity index (χ3n) is 6.94. The van der Waals surface area contributed by atoms with Gasteiger partial charge in [-0.3, -0.25) is 15.0 Å². The number of pyridine rings is 2. The molecule has 0 unspecified atom stereocenters. The largest absolute Gasteiger partial charge is 0.496 e. The molecular weight excluding hydrogens is 506 g/mol. The summed E-state index contributed by atoms with van der Waals surface area (Å²) in [6, 6.07) is 10.1. The number of amides is 1. The monoisotopic (exact) mass is 534 g/mol. The van der Waals surface area contributed by atoms with Crippen LogP contribution in [0.1, 0.15) is 46.4 Å². The predicted octanol–water partition coefficient (Wildman–Crippen LogP) is 4.45. The maximum atomic E-state index is 13.0. The zero-order valence-corrected chi connectivity index (χ0v) is 21.6. The van der Waals surface area contributed by atoms with E-state index in [2.05, 4.69) is 41.1 Å². The number of nitrogens with zero attached hydrogens (tertiary/aromatic N) is 3. The average molecular weight is 535 g/mol. The molecule has 180 valence electrons. The van der Waals surface area contributed by atoms with Gasteiger partial charge in [0.1, 0.15) is 5.75 Å². The fraction of sp³-hybridized carbons (Fsp3) is 0.321. The van der Waals surface area contributed by atoms with Crippen molar-refractivity contribution in [2.24, 2.45) is 0 Å². The maximum absolute atomic E-state index is 13.0. The molecule has 2 aliphatic rings. The van der Waals surface area contributed by atoms with Crippen molar-refractivity contribution in [1.29, 1.82) is 0 Å². The number of likely N-dealkylation sites (tertiary alicyclic amines) is 1. The Hall–Kier alpha value is -3.19. The molecule has 1 saturated heterocycles. The van der Waals surface area contributed by atoms with Crippen LogP contribution < -0.4 is 9.47 Å². The first-order chi connectivity index (χ1) is 16.9. The molecule has 3 aromatic rings. The Labute approximate surface area is 214 Å². The highest BCUT2D eigenvalue weighted by atomic mass is 79.9. The number of aromatic nitrogens is 2. The van der Waals surface area contributed by atoms with Gasteiger partial charge in [0, 0.05) is 51.8 Å². The van der Waals surface area contributed by atoms with Gasteiger partial charge in [-0.1, -0.05) is 11.6 Å². The van der Waals surface area contributed by atoms with Crippen LogP contribution in [-0.4, -0.2) is 41.2 Å². The van der Waals surface area contributed by atoms with E-state index in [1.807, 2.05) is 11.1 Å². The minimum atomic E-state index is 0.113. The van der Waals surface area contributed by atoms with Crippen molar-refractivity contribution in [2.75, 3.05) is 20.2 Å². The predicted molar refractivity (Wildman–Crippen MR) is 136 cm³/mol. The van der Waals surface area contributed by atoms with Crippen molar-refractivity contribution >= 4 is 27.4 Å². The van der Waals surface area contributed by atoms with E-state index in [1.165, 1.54) is 27.8 Å². The molecular formula is C28H29BrN3O3+. The van der Waals surface area contributed by atoms with E-state index in [1.54, 1.807) is 31.6 Å². The maximum Gasteiger partial charge on any atom is 0.227 e. The van der Waals surface area contributed by atoms with Crippen LogP contribution in [-0.2, 0) is 24.1 Å². The molecule has 1 amide bonds. The van der Waals surface area contributed by atoms with Gasteiger partial charge in [-0.25, -0.2) is 0 Å². The third kappa shape index (κ3) is 4.82. The first-order valence-electron chi connectivity index (χ1n) is 11.9. The quantitative estimate of drug-likeness (QED) is 0.398. The Bertz CT molecular complexity index is 1310. The number of piperidine rings is 1. The topological polar surface area (TPSA) is 66.5 Å². The molecule has 0 bridgehead atoms. The van der Waals surface area contributed by atoms with Gasteiger partial charge >= 0.3 is 0 Å². The van der Waals surface area contributed by atoms with Gasteiger partial charge in [-0.05, 0) is 82.9 Å². The molecule has 1 aromatic carbocycles. The zero-order chi connectivity index (χ0) is 24.5. The average Bonchev–Trinajstić information content (AvgIpc) is 3.01. The Morgan fingerprint density at radius 1 is 1.11 bits per heavy atom. The zero-order valence-electron chi connectivity index (χ0n) is 20.1. The third-order valence-corrected chi connectivity index (χ3v) is 7.38. The van der Waals surface area contributed by atoms with Crippen molar-refractivity contribution in [2.45, 2.75) is 39.0 Å². The van der Waals surface area contributed by atoms with Crippen molar-refractivity contribution in [3.05, 3.63) is 92.5 Å². The lowest BCUT2D eigenvalue weighted by Gasteiger charge is -2.31. The van der Waals surface area contributed by atoms with Gasteiger partial charge in [0.2, 0.25) is 18.3 Å². The van der Waals surface area contributed by atoms with Gasteiger partial charge in [-0.2, -0.15) is 0 Å². The van der Waals surface area contributed by atoms with Crippen LogP contribution in [0, 0.1) is 6.92 Å². The molecule has 0 saturated carbocycles. The molecule has 5 rings (SSSR count). The number of aryl methyl sites for hydroxylation is 3. The smallest absolute Gasteiger partial charge is 0.227 e. The summed E-state index contributed by atoms with van der Waals surface area (Å²) in [4.78, 5) is 19.8. The van der Waals surface area contributed by atoms with Crippen molar-refractivity contribution in [3.63, 3.8) is 0 Å². The van der Waals surface area contributed by atoms with E-state index in [0.717, 1.165) is 57.5 Å². The summed E-state index contributed by atoms with van der Waals surface area (Å²) in [5.74, 6) is 1.01. The van der Waals surface area contributed by atoms with E-state index in [9.17, 15) is 10.0 Å². The summed E-state index contributed by atoms with van der Waals surface area (Å²) in [5, 5.41) is 9.42. The molecule has 1 N–H and O–H groups in total. The lowest BCUT2D eigenvalue weighted by molar-refractivity contribution is -0.904. The molecule has 1 aliphatic carbocycles. The van der Waals surface area contributed by atoms with E-state index >= 15 is 0 Å². The highest BCUT2D eigenvalue weighted by Gasteiger charge is 2.29. The number of hydrogen-bond acceptors (Lipinski definition) is 4. The Morgan fingerprint density at radius 3 is 2.54 bits per heavy atom. The lowest BCUT2D eigenvalue weighted by atomic mass is 9.87. The van der Waals surface area contributed by atoms with E-state index in [0.29, 0.717) is 19.5 Å². The molecule has 2 aromatic heterocycles. The Kier molecular flexibility index (Phi) is 6.60. The van der Waals surface area contributed by atoms with Gasteiger partial charge in [0.05, 0.1) is 19.2 Å². The fourth-order valence-electron chi connectivity index (χ4n) is 5.23. The number of ether oxygens (including phenoxy) is 1. The summed E-state index contributed by atoms with van der Waals surface area (Å²) in [6.07, 6.45) is 8.77. The number of carbonyl (C=O) groups is 1. The molecule has 1 fully saturated rings.